The highest BCUT2D eigenvalue weighted by atomic mass is 32.1. The van der Waals surface area contributed by atoms with Crippen molar-refractivity contribution in [3.8, 4) is 50.0 Å². The number of benzene rings is 7. The van der Waals surface area contributed by atoms with Gasteiger partial charge in [0.2, 0.25) is 0 Å². The van der Waals surface area contributed by atoms with Crippen molar-refractivity contribution >= 4 is 61.0 Å². The molecule has 0 fully saturated rings. The van der Waals surface area contributed by atoms with Gasteiger partial charge in [-0.25, -0.2) is 0 Å². The minimum absolute atomic E-state index is 0.809. The lowest BCUT2D eigenvalue weighted by atomic mass is 10.00. The molecular weight excluding hydrogens is 679 g/mol. The standard InChI is InChI=1S/C49H31N3OS/c1-2-12-37(13-3-1)51-42-17-7-6-16-40(42)41-29-33(19-22-43(41)51)34-20-23-44-46(30-34)53-47-31-35(48-18-9-27-54-48)21-24-45(47)52(44)38-14-8-11-36(28-38)49-39-15-5-4-10-32(39)25-26-50-49/h1-31H. The lowest BCUT2D eigenvalue weighted by molar-refractivity contribution is 0.477. The fraction of sp³-hybridized carbons (Fsp3) is 0. The Morgan fingerprint density at radius 2 is 1.17 bits per heavy atom. The molecule has 10 aromatic rings. The Morgan fingerprint density at radius 1 is 0.463 bits per heavy atom. The van der Waals surface area contributed by atoms with Crippen LogP contribution in [0.3, 0.4) is 0 Å². The van der Waals surface area contributed by atoms with Crippen LogP contribution in [0.25, 0.3) is 71.1 Å². The maximum atomic E-state index is 6.87. The molecule has 0 atom stereocenters. The number of fused-ring (bicyclic) bond motifs is 6. The molecule has 0 unspecified atom stereocenters. The quantitative estimate of drug-likeness (QED) is 0.178. The number of aromatic nitrogens is 2. The zero-order valence-corrected chi connectivity index (χ0v) is 29.9. The summed E-state index contributed by atoms with van der Waals surface area (Å²) in [6.45, 7) is 0. The first kappa shape index (κ1) is 30.7. The zero-order chi connectivity index (χ0) is 35.6. The summed E-state index contributed by atoms with van der Waals surface area (Å²) in [5, 5.41) is 6.87. The molecule has 0 amide bonds. The Bertz CT molecular complexity index is 3030. The number of ether oxygens (including phenoxy) is 1. The van der Waals surface area contributed by atoms with Gasteiger partial charge in [0.25, 0.3) is 0 Å². The summed E-state index contributed by atoms with van der Waals surface area (Å²) in [6.07, 6.45) is 1.90. The highest BCUT2D eigenvalue weighted by Gasteiger charge is 2.28. The number of para-hydroxylation sites is 2. The highest BCUT2D eigenvalue weighted by molar-refractivity contribution is 7.13. The second-order valence-corrected chi connectivity index (χ2v) is 14.6. The number of hydrogen-bond donors (Lipinski definition) is 0. The zero-order valence-electron chi connectivity index (χ0n) is 29.1. The lowest BCUT2D eigenvalue weighted by Crippen LogP contribution is -2.16. The predicted molar refractivity (Wildman–Crippen MR) is 225 cm³/mol. The van der Waals surface area contributed by atoms with E-state index in [1.165, 1.54) is 32.1 Å². The molecule has 4 nitrogen and oxygen atoms in total. The van der Waals surface area contributed by atoms with E-state index in [2.05, 4.69) is 191 Å². The fourth-order valence-electron chi connectivity index (χ4n) is 8.01. The van der Waals surface area contributed by atoms with Crippen molar-refractivity contribution in [1.82, 2.24) is 9.55 Å². The number of thiophene rings is 1. The molecule has 0 radical (unpaired) electrons. The SMILES string of the molecule is c1ccc(-n2c3ccccc3c3cc(-c4ccc5c(c4)Oc4cc(-c6cccs6)ccc4N5c4cccc(-c5nccc6ccccc56)c4)ccc32)cc1. The summed E-state index contributed by atoms with van der Waals surface area (Å²) in [5.41, 5.74) is 12.0. The molecule has 5 heteroatoms. The molecule has 254 valence electrons. The summed E-state index contributed by atoms with van der Waals surface area (Å²) in [5.74, 6) is 1.63. The molecule has 0 N–H and O–H groups in total. The summed E-state index contributed by atoms with van der Waals surface area (Å²) in [4.78, 5) is 8.38. The van der Waals surface area contributed by atoms with Gasteiger partial charge in [-0.15, -0.1) is 11.3 Å². The first-order chi connectivity index (χ1) is 26.8. The molecule has 0 aliphatic carbocycles. The van der Waals surface area contributed by atoms with Crippen molar-refractivity contribution in [3.63, 3.8) is 0 Å². The molecule has 11 rings (SSSR count). The molecule has 4 heterocycles. The van der Waals surface area contributed by atoms with Crippen LogP contribution in [-0.2, 0) is 0 Å². The third-order valence-electron chi connectivity index (χ3n) is 10.5. The number of nitrogens with zero attached hydrogens (tertiary/aromatic N) is 3. The first-order valence-electron chi connectivity index (χ1n) is 18.1. The van der Waals surface area contributed by atoms with E-state index in [1.807, 2.05) is 6.20 Å². The van der Waals surface area contributed by atoms with Crippen LogP contribution in [0.4, 0.5) is 17.1 Å². The molecular formula is C49H31N3OS. The Balaban J connectivity index is 1.06. The van der Waals surface area contributed by atoms with Crippen LogP contribution in [0, 0.1) is 0 Å². The Kier molecular flexibility index (Phi) is 7.00. The average Bonchev–Trinajstić information content (AvgIpc) is 3.90. The van der Waals surface area contributed by atoms with Gasteiger partial charge >= 0.3 is 0 Å². The van der Waals surface area contributed by atoms with Gasteiger partial charge in [-0.3, -0.25) is 4.98 Å². The molecule has 3 aromatic heterocycles. The third kappa shape index (κ3) is 4.94. The molecule has 1 aliphatic heterocycles. The van der Waals surface area contributed by atoms with Crippen molar-refractivity contribution in [2.75, 3.05) is 4.90 Å². The molecule has 0 saturated heterocycles. The highest BCUT2D eigenvalue weighted by Crippen LogP contribution is 2.53. The maximum Gasteiger partial charge on any atom is 0.152 e. The van der Waals surface area contributed by atoms with Crippen LogP contribution in [0.15, 0.2) is 188 Å². The van der Waals surface area contributed by atoms with Crippen LogP contribution in [0.2, 0.25) is 0 Å². The number of hydrogen-bond acceptors (Lipinski definition) is 4. The lowest BCUT2D eigenvalue weighted by Gasteiger charge is -2.33. The molecule has 7 aromatic carbocycles. The normalized spacial score (nSPS) is 12.2. The maximum absolute atomic E-state index is 6.87. The van der Waals surface area contributed by atoms with Crippen molar-refractivity contribution in [3.05, 3.63) is 188 Å². The van der Waals surface area contributed by atoms with Crippen LogP contribution in [0.1, 0.15) is 0 Å². The molecule has 0 saturated carbocycles. The summed E-state index contributed by atoms with van der Waals surface area (Å²) in [7, 11) is 0. The third-order valence-corrected chi connectivity index (χ3v) is 11.4. The van der Waals surface area contributed by atoms with Gasteiger partial charge in [0.05, 0.1) is 28.1 Å². The van der Waals surface area contributed by atoms with E-state index in [1.54, 1.807) is 11.3 Å². The van der Waals surface area contributed by atoms with E-state index < -0.39 is 0 Å². The van der Waals surface area contributed by atoms with Gasteiger partial charge < -0.3 is 14.2 Å². The Hall–Kier alpha value is -6.95. The fourth-order valence-corrected chi connectivity index (χ4v) is 8.74. The van der Waals surface area contributed by atoms with E-state index in [0.717, 1.165) is 67.6 Å². The number of rotatable bonds is 5. The minimum Gasteiger partial charge on any atom is -0.453 e. The summed E-state index contributed by atoms with van der Waals surface area (Å²) >= 11 is 1.73. The smallest absolute Gasteiger partial charge is 0.152 e. The first-order valence-corrected chi connectivity index (χ1v) is 19.0. The van der Waals surface area contributed by atoms with Crippen LogP contribution in [0.5, 0.6) is 11.5 Å². The predicted octanol–water partition coefficient (Wildman–Crippen LogP) is 14.0. The van der Waals surface area contributed by atoms with Gasteiger partial charge in [0.15, 0.2) is 11.5 Å². The minimum atomic E-state index is 0.809. The number of pyridine rings is 1. The largest absolute Gasteiger partial charge is 0.453 e. The van der Waals surface area contributed by atoms with Crippen molar-refractivity contribution in [1.29, 1.82) is 0 Å². The van der Waals surface area contributed by atoms with Crippen LogP contribution < -0.4 is 9.64 Å². The average molecular weight is 710 g/mol. The van der Waals surface area contributed by atoms with Gasteiger partial charge in [0, 0.05) is 44.2 Å². The van der Waals surface area contributed by atoms with E-state index >= 15 is 0 Å². The van der Waals surface area contributed by atoms with E-state index in [4.69, 9.17) is 9.72 Å². The summed E-state index contributed by atoms with van der Waals surface area (Å²) < 4.78 is 9.22. The van der Waals surface area contributed by atoms with E-state index in [9.17, 15) is 0 Å². The molecule has 0 bridgehead atoms. The second-order valence-electron chi connectivity index (χ2n) is 13.6. The van der Waals surface area contributed by atoms with Crippen molar-refractivity contribution < 1.29 is 4.74 Å². The van der Waals surface area contributed by atoms with Crippen molar-refractivity contribution in [2.45, 2.75) is 0 Å². The molecule has 54 heavy (non-hydrogen) atoms. The summed E-state index contributed by atoms with van der Waals surface area (Å²) in [6, 6.07) is 62.6. The topological polar surface area (TPSA) is 30.3 Å². The van der Waals surface area contributed by atoms with Gasteiger partial charge in [-0.05, 0) is 106 Å². The second kappa shape index (κ2) is 12.3. The van der Waals surface area contributed by atoms with Crippen LogP contribution in [-0.4, -0.2) is 9.55 Å². The monoisotopic (exact) mass is 709 g/mol. The Morgan fingerprint density at radius 3 is 2.02 bits per heavy atom. The van der Waals surface area contributed by atoms with Crippen LogP contribution >= 0.6 is 11.3 Å². The van der Waals surface area contributed by atoms with Gasteiger partial charge in [-0.2, -0.15) is 0 Å². The van der Waals surface area contributed by atoms with Gasteiger partial charge in [-0.1, -0.05) is 97.1 Å². The molecule has 0 spiro atoms. The van der Waals surface area contributed by atoms with E-state index in [-0.39, 0.29) is 0 Å². The van der Waals surface area contributed by atoms with Gasteiger partial charge in [0.1, 0.15) is 0 Å². The molecule has 1 aliphatic rings. The van der Waals surface area contributed by atoms with E-state index in [0.29, 0.717) is 0 Å². The Labute approximate surface area is 316 Å². The van der Waals surface area contributed by atoms with Crippen molar-refractivity contribution in [2.24, 2.45) is 0 Å². The number of anilines is 3.